The normalized spacial score (nSPS) is 33.7. The van der Waals surface area contributed by atoms with Gasteiger partial charge in [0, 0.05) is 64.2 Å². The zero-order valence-corrected chi connectivity index (χ0v) is 31.9. The van der Waals surface area contributed by atoms with E-state index in [-0.39, 0.29) is 58.1 Å². The molecule has 258 valence electrons. The Morgan fingerprint density at radius 2 is 0.841 bits per heavy atom. The van der Waals surface area contributed by atoms with Gasteiger partial charge >= 0.3 is 11.9 Å². The van der Waals surface area contributed by atoms with E-state index in [2.05, 4.69) is 27.9 Å². The average molecular weight is 751 g/mol. The molecule has 0 aromatic rings. The minimum atomic E-state index is 0. The van der Waals surface area contributed by atoms with E-state index >= 15 is 0 Å². The molecule has 4 aliphatic rings. The largest absolute Gasteiger partial charge is 1.00 e. The van der Waals surface area contributed by atoms with Crippen LogP contribution in [0.25, 0.3) is 0 Å². The number of esters is 2. The van der Waals surface area contributed by atoms with E-state index in [1.54, 1.807) is 0 Å². The molecule has 4 fully saturated rings. The molecule has 4 unspecified atom stereocenters. The van der Waals surface area contributed by atoms with Crippen molar-refractivity contribution in [3.8, 4) is 0 Å². The molecule has 4 bridgehead atoms. The van der Waals surface area contributed by atoms with Gasteiger partial charge in [-0.1, -0.05) is 52.4 Å². The minimum Gasteiger partial charge on any atom is -1.00 e. The summed E-state index contributed by atoms with van der Waals surface area (Å²) >= 11 is 0. The maximum atomic E-state index is 12.6. The minimum absolute atomic E-state index is 0. The zero-order chi connectivity index (χ0) is 30.0. The summed E-state index contributed by atoms with van der Waals surface area (Å²) in [7, 11) is 4.92. The summed E-state index contributed by atoms with van der Waals surface area (Å²) < 4.78 is 14.4. The molecule has 44 heavy (non-hydrogen) atoms. The average Bonchev–Trinajstić information content (AvgIpc) is 3.20. The van der Waals surface area contributed by atoms with Crippen LogP contribution in [0.4, 0.5) is 0 Å². The first-order chi connectivity index (χ1) is 20.3. The summed E-state index contributed by atoms with van der Waals surface area (Å²) in [5.74, 6) is 0.0286. The third-order valence-corrected chi connectivity index (χ3v) is 12.2. The van der Waals surface area contributed by atoms with E-state index in [1.807, 2.05) is 0 Å². The van der Waals surface area contributed by atoms with Crippen molar-refractivity contribution in [3.63, 3.8) is 0 Å². The Balaban J connectivity index is 0.00000337. The van der Waals surface area contributed by atoms with Crippen molar-refractivity contribution in [1.82, 2.24) is 0 Å². The lowest BCUT2D eigenvalue weighted by molar-refractivity contribution is -0.949. The Labute approximate surface area is 291 Å². The predicted octanol–water partition coefficient (Wildman–Crippen LogP) is 1.86. The van der Waals surface area contributed by atoms with E-state index in [0.29, 0.717) is 37.0 Å². The van der Waals surface area contributed by atoms with Crippen LogP contribution in [0.5, 0.6) is 0 Å². The van der Waals surface area contributed by atoms with Gasteiger partial charge in [-0.25, -0.2) is 0 Å². The molecule has 0 spiro atoms. The highest BCUT2D eigenvalue weighted by Crippen LogP contribution is 2.43. The fraction of sp³-hybridized carbons (Fsp3) is 0.944. The van der Waals surface area contributed by atoms with Gasteiger partial charge in [0.2, 0.25) is 0 Å². The summed E-state index contributed by atoms with van der Waals surface area (Å²) in [5.41, 5.74) is 0. The smallest absolute Gasteiger partial charge is 0.306 e. The van der Waals surface area contributed by atoms with Crippen LogP contribution in [0.2, 0.25) is 0 Å². The Morgan fingerprint density at radius 3 is 1.16 bits per heavy atom. The van der Waals surface area contributed by atoms with E-state index in [1.165, 1.54) is 86.3 Å². The molecule has 0 saturated carbocycles. The monoisotopic (exact) mass is 748 g/mol. The van der Waals surface area contributed by atoms with Gasteiger partial charge in [-0.2, -0.15) is 0 Å². The number of nitrogens with zero attached hydrogens (tertiary/aromatic N) is 2. The van der Waals surface area contributed by atoms with Gasteiger partial charge in [0.1, 0.15) is 12.2 Å². The van der Waals surface area contributed by atoms with Gasteiger partial charge in [-0.15, -0.1) is 0 Å². The predicted molar refractivity (Wildman–Crippen MR) is 170 cm³/mol. The van der Waals surface area contributed by atoms with Crippen molar-refractivity contribution in [3.05, 3.63) is 0 Å². The standard InChI is InChI=1S/C36H66N2O4.2BrH/c1-5-7-15-23-37(3)29-19-20-30(37)26-33(25-29)41-35(39)17-13-11-9-10-12-14-18-36(40)42-34-27-31-21-22-32(28-34)38(31,4)24-16-8-6-2;;/h29-34H,5-28H2,1-4H3;2*1H/q+2;;/p-2. The molecule has 4 aliphatic heterocycles. The number of quaternary nitrogens is 2. The van der Waals surface area contributed by atoms with E-state index in [4.69, 9.17) is 9.47 Å². The topological polar surface area (TPSA) is 52.6 Å². The van der Waals surface area contributed by atoms with Crippen LogP contribution in [0, 0.1) is 0 Å². The fourth-order valence-electron chi connectivity index (χ4n) is 9.45. The second kappa shape index (κ2) is 19.6. The lowest BCUT2D eigenvalue weighted by atomic mass is 9.96. The third-order valence-electron chi connectivity index (χ3n) is 12.2. The number of hydrogen-bond donors (Lipinski definition) is 0. The van der Waals surface area contributed by atoms with Crippen LogP contribution in [-0.2, 0) is 19.1 Å². The molecular weight excluding hydrogens is 684 g/mol. The van der Waals surface area contributed by atoms with Crippen LogP contribution < -0.4 is 34.0 Å². The van der Waals surface area contributed by atoms with E-state index < -0.39 is 0 Å². The van der Waals surface area contributed by atoms with Gasteiger partial charge in [0.15, 0.2) is 0 Å². The van der Waals surface area contributed by atoms with Gasteiger partial charge in [-0.3, -0.25) is 9.59 Å². The molecule has 4 rings (SSSR count). The third kappa shape index (κ3) is 10.7. The fourth-order valence-corrected chi connectivity index (χ4v) is 9.45. The molecule has 8 heteroatoms. The number of carbonyl (C=O) groups is 2. The van der Waals surface area contributed by atoms with Gasteiger partial charge in [0.25, 0.3) is 0 Å². The lowest BCUT2D eigenvalue weighted by Gasteiger charge is -2.47. The van der Waals surface area contributed by atoms with Crippen LogP contribution in [0.15, 0.2) is 0 Å². The van der Waals surface area contributed by atoms with E-state index in [0.717, 1.165) is 64.2 Å². The molecule has 0 aromatic heterocycles. The van der Waals surface area contributed by atoms with Crippen molar-refractivity contribution < 1.29 is 62.0 Å². The van der Waals surface area contributed by atoms with Crippen LogP contribution in [0.3, 0.4) is 0 Å². The summed E-state index contributed by atoms with van der Waals surface area (Å²) in [5, 5.41) is 0. The number of carbonyl (C=O) groups excluding carboxylic acids is 2. The quantitative estimate of drug-likeness (QED) is 0.115. The summed E-state index contributed by atoms with van der Waals surface area (Å²) in [6.07, 6.45) is 25.0. The molecule has 0 aromatic carbocycles. The van der Waals surface area contributed by atoms with Crippen molar-refractivity contribution in [1.29, 1.82) is 0 Å². The SMILES string of the molecule is CCCCC[N+]1(C)C2CCC1CC(OC(=O)CCCCCCCCC(=O)OC1CC3CCC(C1)[N+]3(C)CCCCC)C2.[Br-].[Br-]. The molecule has 0 N–H and O–H groups in total. The molecule has 0 aliphatic carbocycles. The van der Waals surface area contributed by atoms with Crippen molar-refractivity contribution >= 4 is 11.9 Å². The Bertz CT molecular complexity index is 762. The van der Waals surface area contributed by atoms with Crippen molar-refractivity contribution in [2.75, 3.05) is 27.2 Å². The number of unbranched alkanes of at least 4 members (excludes halogenated alkanes) is 9. The summed E-state index contributed by atoms with van der Waals surface area (Å²) in [6.45, 7) is 7.15. The summed E-state index contributed by atoms with van der Waals surface area (Å²) in [4.78, 5) is 25.1. The highest BCUT2D eigenvalue weighted by atomic mass is 79.9. The number of piperidine rings is 2. The first-order valence-corrected chi connectivity index (χ1v) is 18.4. The van der Waals surface area contributed by atoms with Crippen molar-refractivity contribution in [2.45, 2.75) is 191 Å². The van der Waals surface area contributed by atoms with Gasteiger partial charge < -0.3 is 52.4 Å². The number of rotatable bonds is 19. The molecule has 4 atom stereocenters. The molecule has 0 amide bonds. The highest BCUT2D eigenvalue weighted by Gasteiger charge is 2.53. The van der Waals surface area contributed by atoms with Crippen LogP contribution in [0.1, 0.15) is 155 Å². The van der Waals surface area contributed by atoms with E-state index in [9.17, 15) is 9.59 Å². The lowest BCUT2D eigenvalue weighted by Crippen LogP contribution is -3.00. The first kappa shape index (κ1) is 40.0. The maximum Gasteiger partial charge on any atom is 0.306 e. The van der Waals surface area contributed by atoms with Gasteiger partial charge in [0.05, 0.1) is 51.4 Å². The first-order valence-electron chi connectivity index (χ1n) is 18.4. The molecule has 4 heterocycles. The van der Waals surface area contributed by atoms with Crippen molar-refractivity contribution in [2.24, 2.45) is 0 Å². The Morgan fingerprint density at radius 1 is 0.523 bits per heavy atom. The molecule has 6 nitrogen and oxygen atoms in total. The second-order valence-corrected chi connectivity index (χ2v) is 15.1. The number of ether oxygens (including phenoxy) is 2. The molecule has 4 saturated heterocycles. The number of halogens is 2. The Kier molecular flexibility index (Phi) is 17.8. The molecular formula is C36H66Br2N2O4. The summed E-state index contributed by atoms with van der Waals surface area (Å²) in [6, 6.07) is 2.74. The molecule has 0 radical (unpaired) electrons. The van der Waals surface area contributed by atoms with Crippen LogP contribution >= 0.6 is 0 Å². The number of hydrogen-bond acceptors (Lipinski definition) is 4. The maximum absolute atomic E-state index is 12.6. The zero-order valence-electron chi connectivity index (χ0n) is 28.7. The van der Waals surface area contributed by atoms with Gasteiger partial charge in [-0.05, 0) is 38.5 Å². The second-order valence-electron chi connectivity index (χ2n) is 15.1. The number of fused-ring (bicyclic) bond motifs is 4. The highest BCUT2D eigenvalue weighted by molar-refractivity contribution is 5.69. The Hall–Kier alpha value is -0.180. The van der Waals surface area contributed by atoms with Crippen LogP contribution in [-0.4, -0.2) is 84.5 Å².